The molecule has 0 radical (unpaired) electrons. The third-order valence-electron chi connectivity index (χ3n) is 6.66. The molecule has 2 fully saturated rings. The minimum atomic E-state index is -0.578. The molecular weight excluding hydrogens is 430 g/mol. The number of ether oxygens (including phenoxy) is 3. The summed E-state index contributed by atoms with van der Waals surface area (Å²) in [5.74, 6) is 0.530. The van der Waals surface area contributed by atoms with Crippen LogP contribution in [-0.2, 0) is 16.0 Å². The molecule has 2 aliphatic rings. The second kappa shape index (κ2) is 11.2. The second-order valence-electron chi connectivity index (χ2n) is 8.98. The lowest BCUT2D eigenvalue weighted by Gasteiger charge is -2.26. The van der Waals surface area contributed by atoms with Crippen LogP contribution < -0.4 is 9.47 Å². The lowest BCUT2D eigenvalue weighted by molar-refractivity contribution is -0.130. The second-order valence-corrected chi connectivity index (χ2v) is 8.98. The molecule has 1 saturated carbocycles. The number of methoxy groups -OCH3 is 1. The van der Waals surface area contributed by atoms with Crippen molar-refractivity contribution < 1.29 is 23.8 Å². The smallest absolute Gasteiger partial charge is 0.417 e. The molecule has 0 spiro atoms. The maximum atomic E-state index is 13.8. The Morgan fingerprint density at radius 1 is 1.18 bits per heavy atom. The van der Waals surface area contributed by atoms with Crippen molar-refractivity contribution in [1.82, 2.24) is 4.90 Å². The SMILES string of the molecule is C=CCC[C@H](C(=O)N1C(=O)OC[C@@H]1Cc1ccccc1)c1ccc(OC)c(OC2CCCC2)c1. The van der Waals surface area contributed by atoms with Crippen LogP contribution in [0.5, 0.6) is 11.5 Å². The molecule has 6 heteroatoms. The topological polar surface area (TPSA) is 65.1 Å². The van der Waals surface area contributed by atoms with Crippen LogP contribution in [0.1, 0.15) is 55.6 Å². The van der Waals surface area contributed by atoms with Crippen molar-refractivity contribution >= 4 is 12.0 Å². The van der Waals surface area contributed by atoms with Gasteiger partial charge in [0, 0.05) is 0 Å². The van der Waals surface area contributed by atoms with E-state index in [0.29, 0.717) is 30.8 Å². The Kier molecular flexibility index (Phi) is 7.88. The minimum Gasteiger partial charge on any atom is -0.493 e. The van der Waals surface area contributed by atoms with Gasteiger partial charge < -0.3 is 14.2 Å². The number of allylic oxidation sites excluding steroid dienone is 1. The van der Waals surface area contributed by atoms with Gasteiger partial charge in [-0.05, 0) is 68.2 Å². The summed E-state index contributed by atoms with van der Waals surface area (Å²) < 4.78 is 17.1. The summed E-state index contributed by atoms with van der Waals surface area (Å²) in [6.45, 7) is 4.02. The fraction of sp³-hybridized carbons (Fsp3) is 0.429. The first-order valence-corrected chi connectivity index (χ1v) is 12.1. The zero-order chi connectivity index (χ0) is 23.9. The number of nitrogens with zero attached hydrogens (tertiary/aromatic N) is 1. The Balaban J connectivity index is 1.60. The first-order chi connectivity index (χ1) is 16.6. The summed E-state index contributed by atoms with van der Waals surface area (Å²) in [5.41, 5.74) is 1.86. The van der Waals surface area contributed by atoms with Gasteiger partial charge in [0.05, 0.1) is 25.2 Å². The Morgan fingerprint density at radius 2 is 1.94 bits per heavy atom. The van der Waals surface area contributed by atoms with Crippen molar-refractivity contribution in [3.05, 3.63) is 72.3 Å². The van der Waals surface area contributed by atoms with Crippen LogP contribution in [0.25, 0.3) is 0 Å². The summed E-state index contributed by atoms with van der Waals surface area (Å²) in [6.07, 6.45) is 7.49. The molecule has 2 amide bonds. The van der Waals surface area contributed by atoms with Crippen molar-refractivity contribution in [3.63, 3.8) is 0 Å². The highest BCUT2D eigenvalue weighted by atomic mass is 16.6. The van der Waals surface area contributed by atoms with Crippen molar-refractivity contribution in [2.75, 3.05) is 13.7 Å². The van der Waals surface area contributed by atoms with E-state index in [2.05, 4.69) is 6.58 Å². The third-order valence-corrected chi connectivity index (χ3v) is 6.66. The van der Waals surface area contributed by atoms with Crippen molar-refractivity contribution in [1.29, 1.82) is 0 Å². The molecule has 2 aromatic carbocycles. The van der Waals surface area contributed by atoms with Gasteiger partial charge in [0.1, 0.15) is 6.61 Å². The van der Waals surface area contributed by atoms with Gasteiger partial charge in [-0.15, -0.1) is 6.58 Å². The van der Waals surface area contributed by atoms with Gasteiger partial charge in [0.2, 0.25) is 5.91 Å². The van der Waals surface area contributed by atoms with E-state index >= 15 is 0 Å². The molecule has 34 heavy (non-hydrogen) atoms. The van der Waals surface area contributed by atoms with Gasteiger partial charge in [0.15, 0.2) is 11.5 Å². The van der Waals surface area contributed by atoms with E-state index in [1.165, 1.54) is 4.90 Å². The zero-order valence-electron chi connectivity index (χ0n) is 19.8. The summed E-state index contributed by atoms with van der Waals surface area (Å²) >= 11 is 0. The summed E-state index contributed by atoms with van der Waals surface area (Å²) in [5, 5.41) is 0. The standard InChI is InChI=1S/C28H33NO5/c1-3-4-14-24(21-15-16-25(32-2)26(18-21)34-23-12-8-9-13-23)27(30)29-22(19-33-28(29)31)17-20-10-6-5-7-11-20/h3,5-7,10-11,15-16,18,22-24H,1,4,8-9,12-14,17,19H2,2H3/t22-,24-/m0/s1. The van der Waals surface area contributed by atoms with Gasteiger partial charge in [0.25, 0.3) is 0 Å². The first kappa shape index (κ1) is 23.9. The average molecular weight is 464 g/mol. The highest BCUT2D eigenvalue weighted by molar-refractivity contribution is 5.97. The van der Waals surface area contributed by atoms with E-state index in [1.807, 2.05) is 48.5 Å². The number of cyclic esters (lactones) is 1. The molecular formula is C28H33NO5. The van der Waals surface area contributed by atoms with E-state index in [4.69, 9.17) is 14.2 Å². The molecule has 1 aliphatic carbocycles. The number of hydrogen-bond acceptors (Lipinski definition) is 5. The summed E-state index contributed by atoms with van der Waals surface area (Å²) in [7, 11) is 1.62. The number of imide groups is 1. The molecule has 1 saturated heterocycles. The van der Waals surface area contributed by atoms with Gasteiger partial charge >= 0.3 is 6.09 Å². The fourth-order valence-electron chi connectivity index (χ4n) is 4.84. The summed E-state index contributed by atoms with van der Waals surface area (Å²) in [6, 6.07) is 15.1. The van der Waals surface area contributed by atoms with Crippen LogP contribution in [-0.4, -0.2) is 42.8 Å². The van der Waals surface area contributed by atoms with Gasteiger partial charge in [-0.3, -0.25) is 4.79 Å². The van der Waals surface area contributed by atoms with E-state index < -0.39 is 12.0 Å². The van der Waals surface area contributed by atoms with Gasteiger partial charge in [-0.1, -0.05) is 42.5 Å². The van der Waals surface area contributed by atoms with Crippen LogP contribution in [0.4, 0.5) is 4.79 Å². The fourth-order valence-corrected chi connectivity index (χ4v) is 4.84. The third kappa shape index (κ3) is 5.44. The highest BCUT2D eigenvalue weighted by Crippen LogP contribution is 2.37. The normalized spacial score (nSPS) is 19.0. The molecule has 2 atom stereocenters. The molecule has 2 aromatic rings. The molecule has 0 unspecified atom stereocenters. The lowest BCUT2D eigenvalue weighted by Crippen LogP contribution is -2.43. The molecule has 6 nitrogen and oxygen atoms in total. The predicted octanol–water partition coefficient (Wildman–Crippen LogP) is 5.66. The quantitative estimate of drug-likeness (QED) is 0.426. The lowest BCUT2D eigenvalue weighted by atomic mass is 9.91. The Bertz CT molecular complexity index is 999. The number of benzene rings is 2. The van der Waals surface area contributed by atoms with E-state index in [1.54, 1.807) is 13.2 Å². The maximum Gasteiger partial charge on any atom is 0.417 e. The molecule has 1 aliphatic heterocycles. The van der Waals surface area contributed by atoms with Crippen LogP contribution in [0.3, 0.4) is 0 Å². The number of hydrogen-bond donors (Lipinski definition) is 0. The molecule has 0 aromatic heterocycles. The van der Waals surface area contributed by atoms with E-state index in [9.17, 15) is 9.59 Å². The number of carbonyl (C=O) groups is 2. The van der Waals surface area contributed by atoms with E-state index in [-0.39, 0.29) is 24.7 Å². The minimum absolute atomic E-state index is 0.162. The van der Waals surface area contributed by atoms with Crippen molar-refractivity contribution in [2.45, 2.75) is 63.0 Å². The van der Waals surface area contributed by atoms with Gasteiger partial charge in [-0.2, -0.15) is 0 Å². The van der Waals surface area contributed by atoms with Crippen molar-refractivity contribution in [2.24, 2.45) is 0 Å². The summed E-state index contributed by atoms with van der Waals surface area (Å²) in [4.78, 5) is 27.7. The molecule has 180 valence electrons. The molecule has 0 bridgehead atoms. The monoisotopic (exact) mass is 463 g/mol. The van der Waals surface area contributed by atoms with E-state index in [0.717, 1.165) is 36.8 Å². The van der Waals surface area contributed by atoms with Gasteiger partial charge in [-0.25, -0.2) is 9.69 Å². The van der Waals surface area contributed by atoms with Crippen LogP contribution in [0, 0.1) is 0 Å². The predicted molar refractivity (Wildman–Crippen MR) is 130 cm³/mol. The molecule has 4 rings (SSSR count). The molecule has 1 heterocycles. The number of amides is 2. The first-order valence-electron chi connectivity index (χ1n) is 12.1. The maximum absolute atomic E-state index is 13.8. The molecule has 0 N–H and O–H groups in total. The Morgan fingerprint density at radius 3 is 2.65 bits per heavy atom. The van der Waals surface area contributed by atoms with Crippen LogP contribution in [0.15, 0.2) is 61.2 Å². The zero-order valence-corrected chi connectivity index (χ0v) is 19.8. The van der Waals surface area contributed by atoms with Crippen LogP contribution >= 0.6 is 0 Å². The largest absolute Gasteiger partial charge is 0.493 e. The van der Waals surface area contributed by atoms with Crippen LogP contribution in [0.2, 0.25) is 0 Å². The Labute approximate surface area is 201 Å². The number of carbonyl (C=O) groups excluding carboxylic acids is 2. The van der Waals surface area contributed by atoms with Crippen molar-refractivity contribution in [3.8, 4) is 11.5 Å². The number of rotatable bonds is 10. The average Bonchev–Trinajstić information content (AvgIpc) is 3.49. The highest BCUT2D eigenvalue weighted by Gasteiger charge is 2.41. The Hall–Kier alpha value is -3.28.